The lowest BCUT2D eigenvalue weighted by molar-refractivity contribution is 0.105. The van der Waals surface area contributed by atoms with Crippen LogP contribution >= 0.6 is 0 Å². The van der Waals surface area contributed by atoms with Gasteiger partial charge in [-0.25, -0.2) is 0 Å². The molecule has 2 nitrogen and oxygen atoms in total. The van der Waals surface area contributed by atoms with Gasteiger partial charge in [-0.2, -0.15) is 0 Å². The van der Waals surface area contributed by atoms with E-state index in [1.807, 2.05) is 18.2 Å². The Balaban J connectivity index is 2.17. The van der Waals surface area contributed by atoms with Gasteiger partial charge in [0, 0.05) is 5.56 Å². The van der Waals surface area contributed by atoms with Gasteiger partial charge in [0.2, 0.25) is 5.78 Å². The summed E-state index contributed by atoms with van der Waals surface area (Å²) in [5.74, 6) is 5.47. The van der Waals surface area contributed by atoms with Gasteiger partial charge in [0.05, 0.1) is 6.26 Å². The van der Waals surface area contributed by atoms with Crippen molar-refractivity contribution in [2.75, 3.05) is 0 Å². The van der Waals surface area contributed by atoms with Gasteiger partial charge in [0.15, 0.2) is 5.76 Å². The zero-order chi connectivity index (χ0) is 10.5. The van der Waals surface area contributed by atoms with Crippen molar-refractivity contribution in [2.24, 2.45) is 0 Å². The summed E-state index contributed by atoms with van der Waals surface area (Å²) in [6.07, 6.45) is 1.52. The van der Waals surface area contributed by atoms with Crippen LogP contribution in [0, 0.1) is 11.8 Å². The molecular formula is C13H8O2. The maximum Gasteiger partial charge on any atom is 0.236 e. The van der Waals surface area contributed by atoms with E-state index in [2.05, 4.69) is 11.8 Å². The maximum absolute atomic E-state index is 11.5. The SMILES string of the molecule is O=C(C#Cc1ccco1)c1ccccc1. The number of ketones is 1. The number of Topliss-reactive ketones (excluding diaryl/α,β-unsaturated/α-hetero) is 1. The first-order chi connectivity index (χ1) is 7.36. The smallest absolute Gasteiger partial charge is 0.236 e. The monoisotopic (exact) mass is 196 g/mol. The Hall–Kier alpha value is -2.27. The number of carbonyl (C=O) groups is 1. The van der Waals surface area contributed by atoms with E-state index in [1.165, 1.54) is 6.26 Å². The molecule has 0 saturated heterocycles. The molecule has 0 aliphatic rings. The Morgan fingerprint density at radius 3 is 2.53 bits per heavy atom. The van der Waals surface area contributed by atoms with Crippen molar-refractivity contribution in [1.82, 2.24) is 0 Å². The predicted molar refractivity (Wildman–Crippen MR) is 56.4 cm³/mol. The van der Waals surface area contributed by atoms with E-state index in [1.54, 1.807) is 24.3 Å². The Labute approximate surface area is 87.5 Å². The molecule has 0 radical (unpaired) electrons. The molecule has 0 aliphatic heterocycles. The average molecular weight is 196 g/mol. The van der Waals surface area contributed by atoms with Crippen molar-refractivity contribution < 1.29 is 9.21 Å². The topological polar surface area (TPSA) is 30.2 Å². The minimum atomic E-state index is -0.202. The fourth-order valence-electron chi connectivity index (χ4n) is 1.13. The average Bonchev–Trinajstić information content (AvgIpc) is 2.80. The van der Waals surface area contributed by atoms with Crippen molar-refractivity contribution in [1.29, 1.82) is 0 Å². The fraction of sp³-hybridized carbons (Fsp3) is 0. The van der Waals surface area contributed by atoms with Crippen LogP contribution in [0.15, 0.2) is 53.1 Å². The number of hydrogen-bond acceptors (Lipinski definition) is 2. The summed E-state index contributed by atoms with van der Waals surface area (Å²) in [4.78, 5) is 11.5. The van der Waals surface area contributed by atoms with Crippen LogP contribution < -0.4 is 0 Å². The minimum Gasteiger partial charge on any atom is -0.456 e. The van der Waals surface area contributed by atoms with Gasteiger partial charge in [-0.15, -0.1) is 0 Å². The van der Waals surface area contributed by atoms with Gasteiger partial charge in [-0.3, -0.25) is 4.79 Å². The van der Waals surface area contributed by atoms with Crippen molar-refractivity contribution in [3.05, 3.63) is 60.1 Å². The molecule has 0 saturated carbocycles. The highest BCUT2D eigenvalue weighted by Crippen LogP contribution is 2.00. The maximum atomic E-state index is 11.5. The summed E-state index contributed by atoms with van der Waals surface area (Å²) in [7, 11) is 0. The fourth-order valence-corrected chi connectivity index (χ4v) is 1.13. The summed E-state index contributed by atoms with van der Waals surface area (Å²) in [5, 5.41) is 0. The second-order valence-electron chi connectivity index (χ2n) is 2.92. The van der Waals surface area contributed by atoms with E-state index in [0.717, 1.165) is 0 Å². The number of rotatable bonds is 1. The molecule has 0 unspecified atom stereocenters. The molecule has 0 atom stereocenters. The van der Waals surface area contributed by atoms with Crippen LogP contribution in [0.1, 0.15) is 16.1 Å². The van der Waals surface area contributed by atoms with Crippen LogP contribution in [0.4, 0.5) is 0 Å². The molecule has 0 bridgehead atoms. The van der Waals surface area contributed by atoms with Gasteiger partial charge in [-0.1, -0.05) is 30.3 Å². The molecule has 72 valence electrons. The molecule has 1 aromatic heterocycles. The van der Waals surface area contributed by atoms with Crippen molar-refractivity contribution in [3.63, 3.8) is 0 Å². The van der Waals surface area contributed by atoms with Crippen LogP contribution in [0.2, 0.25) is 0 Å². The lowest BCUT2D eigenvalue weighted by atomic mass is 10.1. The zero-order valence-electron chi connectivity index (χ0n) is 7.94. The zero-order valence-corrected chi connectivity index (χ0v) is 7.94. The van der Waals surface area contributed by atoms with E-state index in [9.17, 15) is 4.79 Å². The second kappa shape index (κ2) is 4.30. The number of furan rings is 1. The molecule has 2 heteroatoms. The molecule has 1 aromatic carbocycles. The summed E-state index contributed by atoms with van der Waals surface area (Å²) in [6.45, 7) is 0. The first-order valence-electron chi connectivity index (χ1n) is 4.51. The molecular weight excluding hydrogens is 188 g/mol. The third-order valence-corrected chi connectivity index (χ3v) is 1.86. The van der Waals surface area contributed by atoms with E-state index >= 15 is 0 Å². The van der Waals surface area contributed by atoms with E-state index < -0.39 is 0 Å². The highest BCUT2D eigenvalue weighted by atomic mass is 16.3. The first kappa shape index (κ1) is 9.29. The normalized spacial score (nSPS) is 9.07. The third kappa shape index (κ3) is 2.35. The van der Waals surface area contributed by atoms with Gasteiger partial charge >= 0.3 is 0 Å². The molecule has 2 aromatic rings. The van der Waals surface area contributed by atoms with Crippen molar-refractivity contribution in [2.45, 2.75) is 0 Å². The van der Waals surface area contributed by atoms with Crippen LogP contribution in [-0.4, -0.2) is 5.78 Å². The van der Waals surface area contributed by atoms with Gasteiger partial charge < -0.3 is 4.42 Å². The van der Waals surface area contributed by atoms with Crippen LogP contribution in [0.5, 0.6) is 0 Å². The van der Waals surface area contributed by atoms with Gasteiger partial charge in [0.25, 0.3) is 0 Å². The quantitative estimate of drug-likeness (QED) is 0.518. The molecule has 0 amide bonds. The highest BCUT2D eigenvalue weighted by Gasteiger charge is 1.99. The van der Waals surface area contributed by atoms with Crippen molar-refractivity contribution in [3.8, 4) is 11.8 Å². The largest absolute Gasteiger partial charge is 0.456 e. The Kier molecular flexibility index (Phi) is 2.66. The van der Waals surface area contributed by atoms with Crippen LogP contribution in [0.3, 0.4) is 0 Å². The standard InChI is InChI=1S/C13H8O2/c14-13(11-5-2-1-3-6-11)9-8-12-7-4-10-15-12/h1-7,10H. The van der Waals surface area contributed by atoms with E-state index in [0.29, 0.717) is 11.3 Å². The molecule has 0 N–H and O–H groups in total. The molecule has 1 heterocycles. The highest BCUT2D eigenvalue weighted by molar-refractivity contribution is 6.09. The Morgan fingerprint density at radius 1 is 1.07 bits per heavy atom. The molecule has 15 heavy (non-hydrogen) atoms. The first-order valence-corrected chi connectivity index (χ1v) is 4.51. The van der Waals surface area contributed by atoms with Crippen molar-refractivity contribution >= 4 is 5.78 Å². The van der Waals surface area contributed by atoms with Crippen LogP contribution in [0.25, 0.3) is 0 Å². The van der Waals surface area contributed by atoms with E-state index in [-0.39, 0.29) is 5.78 Å². The summed E-state index contributed by atoms with van der Waals surface area (Å²) < 4.78 is 4.99. The summed E-state index contributed by atoms with van der Waals surface area (Å²) in [5.41, 5.74) is 0.594. The third-order valence-electron chi connectivity index (χ3n) is 1.86. The lowest BCUT2D eigenvalue weighted by Gasteiger charge is -1.89. The molecule has 2 rings (SSSR count). The molecule has 0 spiro atoms. The second-order valence-corrected chi connectivity index (χ2v) is 2.92. The molecule has 0 fully saturated rings. The Bertz CT molecular complexity index is 498. The minimum absolute atomic E-state index is 0.202. The van der Waals surface area contributed by atoms with E-state index in [4.69, 9.17) is 4.42 Å². The van der Waals surface area contributed by atoms with Crippen LogP contribution in [-0.2, 0) is 0 Å². The van der Waals surface area contributed by atoms with Gasteiger partial charge in [-0.05, 0) is 24.0 Å². The lowest BCUT2D eigenvalue weighted by Crippen LogP contribution is -1.93. The summed E-state index contributed by atoms with van der Waals surface area (Å²) >= 11 is 0. The van der Waals surface area contributed by atoms with Gasteiger partial charge in [0.1, 0.15) is 0 Å². The number of hydrogen-bond donors (Lipinski definition) is 0. The predicted octanol–water partition coefficient (Wildman–Crippen LogP) is 2.51. The Morgan fingerprint density at radius 2 is 1.87 bits per heavy atom. The molecule has 0 aliphatic carbocycles. The summed E-state index contributed by atoms with van der Waals surface area (Å²) in [6, 6.07) is 12.4. The number of carbonyl (C=O) groups excluding carboxylic acids is 1. The number of benzene rings is 1.